The summed E-state index contributed by atoms with van der Waals surface area (Å²) in [5, 5.41) is 3.04. The van der Waals surface area contributed by atoms with Crippen molar-refractivity contribution in [2.75, 3.05) is 12.3 Å². The van der Waals surface area contributed by atoms with Crippen molar-refractivity contribution in [2.24, 2.45) is 4.74 Å². The molecule has 1 atom stereocenters. The van der Waals surface area contributed by atoms with Gasteiger partial charge in [0.25, 0.3) is 10.0 Å². The maximum Gasteiger partial charge on any atom is 0.256 e. The van der Waals surface area contributed by atoms with Gasteiger partial charge in [-0.2, -0.15) is 0 Å². The van der Waals surface area contributed by atoms with E-state index in [1.54, 1.807) is 36.4 Å². The summed E-state index contributed by atoms with van der Waals surface area (Å²) in [4.78, 5) is 0.0563. The van der Waals surface area contributed by atoms with E-state index >= 15 is 0 Å². The van der Waals surface area contributed by atoms with Crippen LogP contribution in [0.2, 0.25) is 0 Å². The minimum atomic E-state index is -4.05. The molecular formula is C28H25N2O3PS2. The Labute approximate surface area is 214 Å². The monoisotopic (exact) mass is 532 g/mol. The molecule has 5 nitrogen and oxygen atoms in total. The van der Waals surface area contributed by atoms with Crippen LogP contribution in [0.1, 0.15) is 0 Å². The Kier molecular flexibility index (Phi) is 7.17. The molecule has 4 aromatic carbocycles. The van der Waals surface area contributed by atoms with E-state index in [-0.39, 0.29) is 17.2 Å². The van der Waals surface area contributed by atoms with Crippen LogP contribution < -0.4 is 15.9 Å². The Balaban J connectivity index is 1.85. The Morgan fingerprint density at radius 3 is 1.64 bits per heavy atom. The summed E-state index contributed by atoms with van der Waals surface area (Å²) in [7, 11) is -8.39. The Hall–Kier alpha value is -3.09. The first-order valence-corrected chi connectivity index (χ1v) is 15.9. The molecule has 0 spiro atoms. The number of rotatable bonds is 6. The average Bonchev–Trinajstić information content (AvgIpc) is 2.93. The van der Waals surface area contributed by atoms with Crippen LogP contribution >= 0.6 is 7.05 Å². The summed E-state index contributed by atoms with van der Waals surface area (Å²) in [6.45, 7) is 0.0691. The zero-order valence-electron chi connectivity index (χ0n) is 19.4. The molecule has 1 aliphatic heterocycles. The molecule has 36 heavy (non-hydrogen) atoms. The fourth-order valence-electron chi connectivity index (χ4n) is 4.27. The first-order chi connectivity index (χ1) is 17.5. The summed E-state index contributed by atoms with van der Waals surface area (Å²) in [6.07, 6.45) is 3.48. The second kappa shape index (κ2) is 10.5. The third-order valence-electron chi connectivity index (χ3n) is 5.95. The number of benzene rings is 4. The first kappa shape index (κ1) is 24.6. The fraction of sp³-hybridized carbons (Fsp3) is 0.0714. The van der Waals surface area contributed by atoms with Gasteiger partial charge in [-0.1, -0.05) is 115 Å². The van der Waals surface area contributed by atoms with E-state index in [9.17, 15) is 12.6 Å². The van der Waals surface area contributed by atoms with Gasteiger partial charge in [-0.05, 0) is 12.1 Å². The van der Waals surface area contributed by atoms with Gasteiger partial charge in [0.15, 0.2) is 0 Å². The van der Waals surface area contributed by atoms with E-state index in [4.69, 9.17) is 4.74 Å². The lowest BCUT2D eigenvalue weighted by Gasteiger charge is -2.28. The molecule has 0 radical (unpaired) electrons. The predicted molar refractivity (Wildman–Crippen MR) is 150 cm³/mol. The average molecular weight is 533 g/mol. The number of sulfonamides is 1. The van der Waals surface area contributed by atoms with Crippen LogP contribution in [0.25, 0.3) is 0 Å². The van der Waals surface area contributed by atoms with Crippen molar-refractivity contribution in [3.63, 3.8) is 0 Å². The van der Waals surface area contributed by atoms with Crippen LogP contribution in [0.5, 0.6) is 0 Å². The second-order valence-electron chi connectivity index (χ2n) is 8.16. The zero-order chi connectivity index (χ0) is 25.0. The summed E-state index contributed by atoms with van der Waals surface area (Å²) in [5.41, 5.74) is 0.356. The maximum absolute atomic E-state index is 13.8. The van der Waals surface area contributed by atoms with Gasteiger partial charge in [0.05, 0.1) is 18.5 Å². The van der Waals surface area contributed by atoms with Crippen molar-refractivity contribution < 1.29 is 12.6 Å². The van der Waals surface area contributed by atoms with Crippen LogP contribution in [-0.2, 0) is 21.0 Å². The lowest BCUT2D eigenvalue weighted by atomic mass is 10.3. The maximum atomic E-state index is 13.8. The van der Waals surface area contributed by atoms with Crippen molar-refractivity contribution >= 4 is 49.7 Å². The van der Waals surface area contributed by atoms with E-state index in [2.05, 4.69) is 36.4 Å². The molecule has 1 aliphatic rings. The molecule has 4 aromatic rings. The van der Waals surface area contributed by atoms with Gasteiger partial charge in [0.1, 0.15) is 15.9 Å². The van der Waals surface area contributed by atoms with Gasteiger partial charge in [-0.15, -0.1) is 3.71 Å². The largest absolute Gasteiger partial charge is 0.256 e. The van der Waals surface area contributed by atoms with Gasteiger partial charge < -0.3 is 0 Å². The third kappa shape index (κ3) is 4.56. The quantitative estimate of drug-likeness (QED) is 0.267. The van der Waals surface area contributed by atoms with Crippen LogP contribution in [-0.4, -0.2) is 28.6 Å². The number of hydrogen-bond acceptors (Lipinski definition) is 4. The molecule has 8 heteroatoms. The van der Waals surface area contributed by atoms with Crippen LogP contribution in [0.15, 0.2) is 137 Å². The van der Waals surface area contributed by atoms with Gasteiger partial charge in [-0.3, -0.25) is 4.74 Å². The van der Waals surface area contributed by atoms with Crippen LogP contribution in [0.3, 0.4) is 0 Å². The molecule has 0 aliphatic carbocycles. The molecule has 1 unspecified atom stereocenters. The molecule has 0 bridgehead atoms. The Morgan fingerprint density at radius 1 is 0.667 bits per heavy atom. The lowest BCUT2D eigenvalue weighted by Crippen LogP contribution is -2.36. The van der Waals surface area contributed by atoms with Crippen molar-refractivity contribution in [3.05, 3.63) is 127 Å². The minimum absolute atomic E-state index is 0.0563. The molecule has 0 amide bonds. The smallest absolute Gasteiger partial charge is 0.252 e. The summed E-state index contributed by atoms with van der Waals surface area (Å²) in [6, 6.07) is 36.9. The van der Waals surface area contributed by atoms with Gasteiger partial charge in [0, 0.05) is 22.5 Å². The molecular weight excluding hydrogens is 507 g/mol. The highest BCUT2D eigenvalue weighted by molar-refractivity contribution is 8.01. The normalized spacial score (nSPS) is 16.5. The molecule has 0 saturated heterocycles. The van der Waals surface area contributed by atoms with Gasteiger partial charge >= 0.3 is 0 Å². The highest BCUT2D eigenvalue weighted by Gasteiger charge is 2.33. The second-order valence-corrected chi connectivity index (χ2v) is 14.7. The highest BCUT2D eigenvalue weighted by atomic mass is 32.3. The molecule has 0 saturated carbocycles. The Bertz CT molecular complexity index is 1470. The highest BCUT2D eigenvalue weighted by Crippen LogP contribution is 2.50. The third-order valence-corrected chi connectivity index (χ3v) is 13.4. The zero-order valence-corrected chi connectivity index (χ0v) is 21.9. The van der Waals surface area contributed by atoms with E-state index in [1.165, 1.54) is 0 Å². The first-order valence-electron chi connectivity index (χ1n) is 11.5. The van der Waals surface area contributed by atoms with Crippen molar-refractivity contribution in [1.29, 1.82) is 0 Å². The molecule has 182 valence electrons. The number of nitrogens with zero attached hydrogens (tertiary/aromatic N) is 2. The lowest BCUT2D eigenvalue weighted by molar-refractivity contribution is 0.543. The molecule has 5 rings (SSSR count). The SMILES string of the molecule is O=S1CC=CCN1S(=O)(=O)c1ccccc1N=P(c1ccccc1)(c1ccccc1)c1ccccc1. The van der Waals surface area contributed by atoms with Crippen molar-refractivity contribution in [1.82, 2.24) is 3.71 Å². The summed E-state index contributed by atoms with van der Waals surface area (Å²) < 4.78 is 46.6. The molecule has 1 heterocycles. The number of hydrogen-bond donors (Lipinski definition) is 0. The predicted octanol–water partition coefficient (Wildman–Crippen LogP) is 4.72. The van der Waals surface area contributed by atoms with Crippen LogP contribution in [0.4, 0.5) is 5.69 Å². The van der Waals surface area contributed by atoms with Crippen molar-refractivity contribution in [3.8, 4) is 0 Å². The van der Waals surface area contributed by atoms with Crippen molar-refractivity contribution in [2.45, 2.75) is 4.90 Å². The summed E-state index contributed by atoms with van der Waals surface area (Å²) >= 11 is 0. The van der Waals surface area contributed by atoms with E-state index in [1.807, 2.05) is 54.6 Å². The van der Waals surface area contributed by atoms with Gasteiger partial charge in [0.2, 0.25) is 0 Å². The van der Waals surface area contributed by atoms with Gasteiger partial charge in [-0.25, -0.2) is 12.6 Å². The van der Waals surface area contributed by atoms with E-state index in [0.717, 1.165) is 19.6 Å². The molecule has 0 fully saturated rings. The fourth-order valence-corrected chi connectivity index (χ4v) is 11.0. The topological polar surface area (TPSA) is 66.8 Å². The minimum Gasteiger partial charge on any atom is -0.252 e. The van der Waals surface area contributed by atoms with Crippen LogP contribution in [0, 0.1) is 0 Å². The summed E-state index contributed by atoms with van der Waals surface area (Å²) in [5.74, 6) is 0.174. The van der Waals surface area contributed by atoms with E-state index < -0.39 is 28.1 Å². The van der Waals surface area contributed by atoms with E-state index in [0.29, 0.717) is 5.69 Å². The molecule has 0 N–H and O–H groups in total. The Morgan fingerprint density at radius 2 is 1.14 bits per heavy atom. The molecule has 0 aromatic heterocycles. The standard InChI is InChI=1S/C28H25N2O3PS2/c31-35-23-13-12-22-30(35)36(32,33)28-21-11-10-20-27(28)29-34(24-14-4-1-5-15-24,25-16-6-2-7-17-25)26-18-8-3-9-19-26/h1-21H,22-23H2.